The van der Waals surface area contributed by atoms with Gasteiger partial charge in [-0.05, 0) is 49.1 Å². The Morgan fingerprint density at radius 2 is 2.00 bits per heavy atom. The molecule has 0 saturated carbocycles. The molecule has 3 rings (SSSR count). The van der Waals surface area contributed by atoms with Crippen LogP contribution in [0.3, 0.4) is 0 Å². The number of hydrogen-bond acceptors (Lipinski definition) is 3. The molecular formula is C21H26FN3O. The number of fused-ring (bicyclic) bond motifs is 1. The van der Waals surface area contributed by atoms with Crippen molar-refractivity contribution in [2.75, 3.05) is 5.32 Å². The van der Waals surface area contributed by atoms with Crippen molar-refractivity contribution in [3.05, 3.63) is 58.7 Å². The van der Waals surface area contributed by atoms with Gasteiger partial charge in [0.2, 0.25) is 0 Å². The first kappa shape index (κ1) is 18.4. The number of benzene rings is 1. The second-order valence-electron chi connectivity index (χ2n) is 7.21. The van der Waals surface area contributed by atoms with E-state index in [1.165, 1.54) is 6.07 Å². The van der Waals surface area contributed by atoms with Crippen LogP contribution in [0.4, 0.5) is 10.2 Å². The molecule has 0 amide bonds. The first-order valence-electron chi connectivity index (χ1n) is 8.98. The van der Waals surface area contributed by atoms with E-state index in [1.54, 1.807) is 18.3 Å². The lowest BCUT2D eigenvalue weighted by molar-refractivity contribution is 0.282. The molecule has 1 aromatic carbocycles. The van der Waals surface area contributed by atoms with E-state index >= 15 is 0 Å². The van der Waals surface area contributed by atoms with Crippen LogP contribution in [-0.4, -0.2) is 14.7 Å². The summed E-state index contributed by atoms with van der Waals surface area (Å²) >= 11 is 0. The number of hydrogen-bond donors (Lipinski definition) is 2. The van der Waals surface area contributed by atoms with E-state index in [0.717, 1.165) is 45.6 Å². The minimum absolute atomic E-state index is 0.00789. The second kappa shape index (κ2) is 7.46. The lowest BCUT2D eigenvalue weighted by Crippen LogP contribution is -2.09. The third-order valence-corrected chi connectivity index (χ3v) is 4.82. The summed E-state index contributed by atoms with van der Waals surface area (Å²) in [6.45, 7) is 9.74. The largest absolute Gasteiger partial charge is 0.392 e. The number of pyridine rings is 1. The van der Waals surface area contributed by atoms with Crippen LogP contribution >= 0.6 is 0 Å². The Labute approximate surface area is 153 Å². The van der Waals surface area contributed by atoms with E-state index in [0.29, 0.717) is 12.5 Å². The van der Waals surface area contributed by atoms with Gasteiger partial charge in [0.15, 0.2) is 5.82 Å². The van der Waals surface area contributed by atoms with Crippen LogP contribution in [-0.2, 0) is 19.7 Å². The Morgan fingerprint density at radius 1 is 1.23 bits per heavy atom. The molecule has 0 saturated heterocycles. The summed E-state index contributed by atoms with van der Waals surface area (Å²) in [6, 6.07) is 6.78. The molecule has 0 unspecified atom stereocenters. The first-order chi connectivity index (χ1) is 12.4. The number of aromatic nitrogens is 2. The summed E-state index contributed by atoms with van der Waals surface area (Å²) in [4.78, 5) is 4.54. The van der Waals surface area contributed by atoms with Crippen LogP contribution in [0.25, 0.3) is 10.9 Å². The zero-order valence-corrected chi connectivity index (χ0v) is 15.8. The highest BCUT2D eigenvalue weighted by atomic mass is 19.1. The molecule has 0 fully saturated rings. The van der Waals surface area contributed by atoms with E-state index in [9.17, 15) is 9.50 Å². The van der Waals surface area contributed by atoms with Gasteiger partial charge >= 0.3 is 0 Å². The lowest BCUT2D eigenvalue weighted by Gasteiger charge is -2.15. The van der Waals surface area contributed by atoms with Crippen molar-refractivity contribution in [3.63, 3.8) is 0 Å². The Hall–Kier alpha value is -2.40. The van der Waals surface area contributed by atoms with Gasteiger partial charge in [0.05, 0.1) is 12.1 Å². The summed E-state index contributed by atoms with van der Waals surface area (Å²) in [5.41, 5.74) is 4.98. The Balaban J connectivity index is 2.02. The van der Waals surface area contributed by atoms with Crippen molar-refractivity contribution in [3.8, 4) is 0 Å². The number of aliphatic hydroxyl groups is 1. The number of aliphatic hydroxyl groups excluding tert-OH is 1. The van der Waals surface area contributed by atoms with Crippen molar-refractivity contribution in [2.45, 2.75) is 47.4 Å². The summed E-state index contributed by atoms with van der Waals surface area (Å²) in [7, 11) is 0. The molecule has 0 radical (unpaired) electrons. The van der Waals surface area contributed by atoms with Gasteiger partial charge in [-0.3, -0.25) is 0 Å². The summed E-state index contributed by atoms with van der Waals surface area (Å²) < 4.78 is 15.6. The highest BCUT2D eigenvalue weighted by molar-refractivity contribution is 5.93. The molecule has 3 aromatic rings. The molecule has 0 aliphatic carbocycles. The zero-order valence-electron chi connectivity index (χ0n) is 15.8. The average molecular weight is 355 g/mol. The van der Waals surface area contributed by atoms with Crippen LogP contribution in [0.5, 0.6) is 0 Å². The van der Waals surface area contributed by atoms with Crippen LogP contribution in [0.2, 0.25) is 0 Å². The molecule has 0 aliphatic heterocycles. The number of nitrogens with zero attached hydrogens (tertiary/aromatic N) is 2. The highest BCUT2D eigenvalue weighted by Crippen LogP contribution is 2.31. The Morgan fingerprint density at radius 3 is 2.65 bits per heavy atom. The monoisotopic (exact) mass is 355 g/mol. The summed E-state index contributed by atoms with van der Waals surface area (Å²) in [5.74, 6) is 1.04. The van der Waals surface area contributed by atoms with E-state index in [4.69, 9.17) is 0 Å². The van der Waals surface area contributed by atoms with Crippen LogP contribution in [0.15, 0.2) is 30.5 Å². The molecular weight excluding hydrogens is 329 g/mol. The topological polar surface area (TPSA) is 50.1 Å². The Kier molecular flexibility index (Phi) is 5.28. The molecule has 138 valence electrons. The van der Waals surface area contributed by atoms with Crippen LogP contribution in [0, 0.1) is 25.6 Å². The van der Waals surface area contributed by atoms with E-state index in [-0.39, 0.29) is 12.4 Å². The maximum atomic E-state index is 13.3. The van der Waals surface area contributed by atoms with E-state index in [1.807, 2.05) is 19.9 Å². The number of aryl methyl sites for hydroxylation is 1. The molecule has 0 spiro atoms. The fourth-order valence-corrected chi connectivity index (χ4v) is 3.46. The molecule has 4 nitrogen and oxygen atoms in total. The fourth-order valence-electron chi connectivity index (χ4n) is 3.46. The van der Waals surface area contributed by atoms with Gasteiger partial charge in [-0.25, -0.2) is 9.37 Å². The molecule has 0 bridgehead atoms. The quantitative estimate of drug-likeness (QED) is 0.682. The minimum Gasteiger partial charge on any atom is -0.392 e. The van der Waals surface area contributed by atoms with Crippen LogP contribution in [0.1, 0.15) is 36.2 Å². The van der Waals surface area contributed by atoms with Crippen molar-refractivity contribution < 1.29 is 9.50 Å². The minimum atomic E-state index is -0.222. The second-order valence-corrected chi connectivity index (χ2v) is 7.21. The van der Waals surface area contributed by atoms with Gasteiger partial charge in [0.1, 0.15) is 5.82 Å². The zero-order chi connectivity index (χ0) is 18.8. The normalized spacial score (nSPS) is 11.5. The molecule has 0 atom stereocenters. The SMILES string of the molecule is Cc1cc(F)ccc1CNc1nccc2c(CO)c(C)n(CC(C)C)c12. The number of halogens is 1. The standard InChI is InChI=1S/C21H26FN3O/c1-13(2)11-25-15(4)19(12-26)18-7-8-23-21(20(18)25)24-10-16-5-6-17(22)9-14(16)3/h5-9,13,26H,10-12H2,1-4H3,(H,23,24). The molecule has 26 heavy (non-hydrogen) atoms. The fraction of sp³-hybridized carbons (Fsp3) is 0.381. The van der Waals surface area contributed by atoms with Gasteiger partial charge < -0.3 is 15.0 Å². The van der Waals surface area contributed by atoms with E-state index in [2.05, 4.69) is 28.7 Å². The number of rotatable bonds is 6. The van der Waals surface area contributed by atoms with Gasteiger partial charge in [0.25, 0.3) is 0 Å². The van der Waals surface area contributed by atoms with Gasteiger partial charge in [-0.1, -0.05) is 19.9 Å². The predicted octanol–water partition coefficient (Wildman–Crippen LogP) is 4.55. The maximum absolute atomic E-state index is 13.3. The van der Waals surface area contributed by atoms with Crippen molar-refractivity contribution in [1.82, 2.24) is 9.55 Å². The highest BCUT2D eigenvalue weighted by Gasteiger charge is 2.18. The Bertz CT molecular complexity index is 931. The molecule has 2 aromatic heterocycles. The predicted molar refractivity (Wildman–Crippen MR) is 104 cm³/mol. The summed E-state index contributed by atoms with van der Waals surface area (Å²) in [5, 5.41) is 14.3. The number of anilines is 1. The molecule has 2 heterocycles. The van der Waals surface area contributed by atoms with Gasteiger partial charge in [0, 0.05) is 35.9 Å². The molecule has 2 N–H and O–H groups in total. The third-order valence-electron chi connectivity index (χ3n) is 4.82. The van der Waals surface area contributed by atoms with Crippen molar-refractivity contribution in [1.29, 1.82) is 0 Å². The summed E-state index contributed by atoms with van der Waals surface area (Å²) in [6.07, 6.45) is 1.76. The van der Waals surface area contributed by atoms with E-state index < -0.39 is 0 Å². The third kappa shape index (κ3) is 3.44. The smallest absolute Gasteiger partial charge is 0.150 e. The first-order valence-corrected chi connectivity index (χ1v) is 8.98. The molecule has 5 heteroatoms. The lowest BCUT2D eigenvalue weighted by atomic mass is 10.1. The van der Waals surface area contributed by atoms with Gasteiger partial charge in [-0.2, -0.15) is 0 Å². The molecule has 0 aliphatic rings. The van der Waals surface area contributed by atoms with Crippen molar-refractivity contribution in [2.24, 2.45) is 5.92 Å². The number of nitrogens with one attached hydrogen (secondary N) is 1. The van der Waals surface area contributed by atoms with Crippen LogP contribution < -0.4 is 5.32 Å². The maximum Gasteiger partial charge on any atom is 0.150 e. The van der Waals surface area contributed by atoms with Gasteiger partial charge in [-0.15, -0.1) is 0 Å². The average Bonchev–Trinajstić information content (AvgIpc) is 2.85. The van der Waals surface area contributed by atoms with Crippen molar-refractivity contribution >= 4 is 16.7 Å².